The van der Waals surface area contributed by atoms with Gasteiger partial charge in [0.25, 0.3) is 0 Å². The maximum Gasteiger partial charge on any atom is 0.0928 e. The van der Waals surface area contributed by atoms with Crippen LogP contribution >= 0.6 is 11.8 Å². The minimum absolute atomic E-state index is 0.166. The molecule has 2 heteroatoms. The molecule has 0 aliphatic carbocycles. The zero-order valence-corrected chi connectivity index (χ0v) is 11.8. The molecule has 0 fully saturated rings. The summed E-state index contributed by atoms with van der Waals surface area (Å²) in [6.45, 7) is 6.33. The lowest BCUT2D eigenvalue weighted by Crippen LogP contribution is -2.41. The summed E-state index contributed by atoms with van der Waals surface area (Å²) < 4.78 is 0. The van der Waals surface area contributed by atoms with Crippen LogP contribution < -0.4 is 5.32 Å². The summed E-state index contributed by atoms with van der Waals surface area (Å²) in [6, 6.07) is 19.1. The highest BCUT2D eigenvalue weighted by Gasteiger charge is 2.36. The first-order valence-electron chi connectivity index (χ1n) is 6.44. The van der Waals surface area contributed by atoms with Gasteiger partial charge in [0.05, 0.1) is 5.54 Å². The highest BCUT2D eigenvalue weighted by atomic mass is 32.2. The van der Waals surface area contributed by atoms with E-state index in [-0.39, 0.29) is 5.54 Å². The van der Waals surface area contributed by atoms with E-state index in [0.29, 0.717) is 0 Å². The van der Waals surface area contributed by atoms with Gasteiger partial charge in [-0.1, -0.05) is 49.0 Å². The third-order valence-corrected chi connectivity index (χ3v) is 4.92. The lowest BCUT2D eigenvalue weighted by molar-refractivity contribution is 0.648. The predicted octanol–water partition coefficient (Wildman–Crippen LogP) is 4.68. The molecule has 0 saturated heterocycles. The first-order valence-corrected chi connectivity index (χ1v) is 7.42. The van der Waals surface area contributed by atoms with Crippen molar-refractivity contribution in [3.05, 3.63) is 72.3 Å². The molecule has 0 radical (unpaired) electrons. The Hall–Kier alpha value is -1.67. The Balaban J connectivity index is 2.08. The van der Waals surface area contributed by atoms with E-state index in [1.807, 2.05) is 11.8 Å². The Bertz CT molecular complexity index is 606. The van der Waals surface area contributed by atoms with Crippen molar-refractivity contribution in [3.8, 4) is 0 Å². The average Bonchev–Trinajstić information content (AvgIpc) is 2.47. The smallest absolute Gasteiger partial charge is 0.0928 e. The molecule has 2 aromatic carbocycles. The van der Waals surface area contributed by atoms with Gasteiger partial charge in [0.1, 0.15) is 0 Å². The summed E-state index contributed by atoms with van der Waals surface area (Å²) in [5, 5.41) is 3.71. The number of benzene rings is 2. The summed E-state index contributed by atoms with van der Waals surface area (Å²) in [6.07, 6.45) is 0. The van der Waals surface area contributed by atoms with Gasteiger partial charge >= 0.3 is 0 Å². The quantitative estimate of drug-likeness (QED) is 0.793. The normalized spacial score (nSPS) is 21.3. The molecule has 1 unspecified atom stereocenters. The number of hydrogen-bond acceptors (Lipinski definition) is 2. The van der Waals surface area contributed by atoms with Crippen molar-refractivity contribution in [2.24, 2.45) is 0 Å². The van der Waals surface area contributed by atoms with E-state index in [1.165, 1.54) is 16.1 Å². The molecule has 0 spiro atoms. The van der Waals surface area contributed by atoms with Gasteiger partial charge in [-0.2, -0.15) is 0 Å². The number of hydrogen-bond donors (Lipinski definition) is 1. The van der Waals surface area contributed by atoms with E-state index in [1.54, 1.807) is 0 Å². The number of nitrogens with one attached hydrogen (secondary N) is 1. The van der Waals surface area contributed by atoms with Crippen LogP contribution in [0.1, 0.15) is 12.5 Å². The Morgan fingerprint density at radius 2 is 1.79 bits per heavy atom. The third kappa shape index (κ3) is 2.06. The van der Waals surface area contributed by atoms with Gasteiger partial charge < -0.3 is 5.32 Å². The van der Waals surface area contributed by atoms with Crippen molar-refractivity contribution >= 4 is 17.4 Å². The van der Waals surface area contributed by atoms with Gasteiger partial charge in [0, 0.05) is 16.3 Å². The van der Waals surface area contributed by atoms with E-state index >= 15 is 0 Å². The lowest BCUT2D eigenvalue weighted by Gasteiger charge is -2.40. The van der Waals surface area contributed by atoms with E-state index < -0.39 is 0 Å². The second kappa shape index (κ2) is 4.78. The fraction of sp³-hybridized carbons (Fsp3) is 0.176. The Kier molecular flexibility index (Phi) is 3.11. The van der Waals surface area contributed by atoms with Crippen molar-refractivity contribution in [2.75, 3.05) is 11.1 Å². The fourth-order valence-corrected chi connectivity index (χ4v) is 3.81. The molecule has 0 amide bonds. The van der Waals surface area contributed by atoms with Crippen LogP contribution in [-0.4, -0.2) is 5.75 Å². The maximum atomic E-state index is 4.22. The van der Waals surface area contributed by atoms with Gasteiger partial charge in [-0.25, -0.2) is 0 Å². The molecule has 1 nitrogen and oxygen atoms in total. The van der Waals surface area contributed by atoms with Crippen molar-refractivity contribution in [2.45, 2.75) is 17.4 Å². The summed E-state index contributed by atoms with van der Waals surface area (Å²) >= 11 is 1.90. The van der Waals surface area contributed by atoms with Crippen LogP contribution in [0.4, 0.5) is 5.69 Å². The number of para-hydroxylation sites is 1. The first kappa shape index (κ1) is 12.4. The standard InChI is InChI=1S/C17H17NS/c1-13(2)17(14-8-4-3-5-9-14)12-19-16-11-7-6-10-15(16)18-17/h3-11,18H,1,12H2,2H3. The van der Waals surface area contributed by atoms with Crippen molar-refractivity contribution in [1.29, 1.82) is 0 Å². The summed E-state index contributed by atoms with van der Waals surface area (Å²) in [7, 11) is 0. The van der Waals surface area contributed by atoms with Gasteiger partial charge in [-0.3, -0.25) is 0 Å². The molecule has 2 aromatic rings. The Morgan fingerprint density at radius 3 is 2.53 bits per heavy atom. The van der Waals surface area contributed by atoms with Crippen molar-refractivity contribution in [3.63, 3.8) is 0 Å². The molecule has 0 bridgehead atoms. The van der Waals surface area contributed by atoms with E-state index in [4.69, 9.17) is 0 Å². The van der Waals surface area contributed by atoms with E-state index in [0.717, 1.165) is 11.3 Å². The zero-order valence-electron chi connectivity index (χ0n) is 11.0. The average molecular weight is 267 g/mol. The number of thioether (sulfide) groups is 1. The Morgan fingerprint density at radius 1 is 1.11 bits per heavy atom. The molecule has 1 N–H and O–H groups in total. The molecule has 3 rings (SSSR count). The molecule has 0 aromatic heterocycles. The van der Waals surface area contributed by atoms with E-state index in [9.17, 15) is 0 Å². The lowest BCUT2D eigenvalue weighted by atomic mass is 9.85. The second-order valence-electron chi connectivity index (χ2n) is 4.96. The molecular weight excluding hydrogens is 250 g/mol. The van der Waals surface area contributed by atoms with Crippen molar-refractivity contribution in [1.82, 2.24) is 0 Å². The predicted molar refractivity (Wildman–Crippen MR) is 83.7 cm³/mol. The molecule has 1 aliphatic rings. The van der Waals surface area contributed by atoms with Gasteiger partial charge in [-0.05, 0) is 30.2 Å². The molecule has 1 heterocycles. The van der Waals surface area contributed by atoms with Crippen LogP contribution in [0.15, 0.2) is 71.6 Å². The minimum Gasteiger partial charge on any atom is -0.370 e. The highest BCUT2D eigenvalue weighted by molar-refractivity contribution is 7.99. The Labute approximate surface area is 118 Å². The summed E-state index contributed by atoms with van der Waals surface area (Å²) in [4.78, 5) is 1.32. The molecule has 0 saturated carbocycles. The number of rotatable bonds is 2. The van der Waals surface area contributed by atoms with Crippen LogP contribution in [0.25, 0.3) is 0 Å². The van der Waals surface area contributed by atoms with Gasteiger partial charge in [0.2, 0.25) is 0 Å². The molecule has 96 valence electrons. The van der Waals surface area contributed by atoms with Crippen LogP contribution in [-0.2, 0) is 5.54 Å². The zero-order chi connectivity index (χ0) is 13.3. The molecular formula is C17H17NS. The van der Waals surface area contributed by atoms with Crippen LogP contribution in [0.5, 0.6) is 0 Å². The second-order valence-corrected chi connectivity index (χ2v) is 5.98. The molecule has 19 heavy (non-hydrogen) atoms. The first-order chi connectivity index (χ1) is 9.22. The topological polar surface area (TPSA) is 12.0 Å². The summed E-state index contributed by atoms with van der Waals surface area (Å²) in [5.74, 6) is 0.976. The van der Waals surface area contributed by atoms with E-state index in [2.05, 4.69) is 73.4 Å². The fourth-order valence-electron chi connectivity index (χ4n) is 2.50. The van der Waals surface area contributed by atoms with Crippen LogP contribution in [0, 0.1) is 0 Å². The van der Waals surface area contributed by atoms with Gasteiger partial charge in [-0.15, -0.1) is 11.8 Å². The maximum absolute atomic E-state index is 4.22. The monoisotopic (exact) mass is 267 g/mol. The van der Waals surface area contributed by atoms with Crippen LogP contribution in [0.3, 0.4) is 0 Å². The third-order valence-electron chi connectivity index (χ3n) is 3.67. The minimum atomic E-state index is -0.166. The van der Waals surface area contributed by atoms with Crippen molar-refractivity contribution < 1.29 is 0 Å². The number of anilines is 1. The number of fused-ring (bicyclic) bond motifs is 1. The highest BCUT2D eigenvalue weighted by Crippen LogP contribution is 2.44. The largest absolute Gasteiger partial charge is 0.370 e. The van der Waals surface area contributed by atoms with Gasteiger partial charge in [0.15, 0.2) is 0 Å². The SMILES string of the molecule is C=C(C)C1(c2ccccc2)CSc2ccccc2N1. The molecule has 1 aliphatic heterocycles. The van der Waals surface area contributed by atoms with Crippen LogP contribution in [0.2, 0.25) is 0 Å². The molecule has 1 atom stereocenters. The summed E-state index contributed by atoms with van der Waals surface area (Å²) in [5.41, 5.74) is 3.47.